The fourth-order valence-electron chi connectivity index (χ4n) is 3.14. The van der Waals surface area contributed by atoms with Crippen molar-refractivity contribution < 1.29 is 4.39 Å². The van der Waals surface area contributed by atoms with E-state index in [-0.39, 0.29) is 5.41 Å². The van der Waals surface area contributed by atoms with Gasteiger partial charge >= 0.3 is 0 Å². The Balaban J connectivity index is 2.17. The van der Waals surface area contributed by atoms with Gasteiger partial charge in [0, 0.05) is 11.3 Å². The predicted octanol–water partition coefficient (Wildman–Crippen LogP) is 3.17. The van der Waals surface area contributed by atoms with Crippen LogP contribution in [0.15, 0.2) is 0 Å². The number of halogens is 1. The van der Waals surface area contributed by atoms with E-state index in [0.717, 1.165) is 18.8 Å². The van der Waals surface area contributed by atoms with Crippen LogP contribution in [0.1, 0.15) is 40.0 Å². The van der Waals surface area contributed by atoms with Crippen molar-refractivity contribution in [3.8, 4) is 0 Å². The Labute approximate surface area is 68.2 Å². The van der Waals surface area contributed by atoms with E-state index in [2.05, 4.69) is 13.8 Å². The summed E-state index contributed by atoms with van der Waals surface area (Å²) in [5.41, 5.74) is -0.789. The van der Waals surface area contributed by atoms with Crippen molar-refractivity contribution in [2.45, 2.75) is 45.7 Å². The molecule has 4 atom stereocenters. The van der Waals surface area contributed by atoms with Crippen LogP contribution in [0, 0.1) is 17.3 Å². The molecular weight excluding hydrogens is 139 g/mol. The molecule has 0 aliphatic heterocycles. The summed E-state index contributed by atoms with van der Waals surface area (Å²) < 4.78 is 13.7. The Morgan fingerprint density at radius 2 is 1.91 bits per heavy atom. The van der Waals surface area contributed by atoms with Gasteiger partial charge in [-0.2, -0.15) is 0 Å². The fourth-order valence-corrected chi connectivity index (χ4v) is 3.14. The summed E-state index contributed by atoms with van der Waals surface area (Å²) in [4.78, 5) is 0. The van der Waals surface area contributed by atoms with Crippen LogP contribution >= 0.6 is 0 Å². The lowest BCUT2D eigenvalue weighted by Crippen LogP contribution is -2.14. The normalized spacial score (nSPS) is 62.2. The van der Waals surface area contributed by atoms with Gasteiger partial charge in [0.15, 0.2) is 0 Å². The third-order valence-electron chi connectivity index (χ3n) is 4.18. The lowest BCUT2D eigenvalue weighted by Gasteiger charge is -2.22. The van der Waals surface area contributed by atoms with Gasteiger partial charge in [-0.05, 0) is 25.7 Å². The highest BCUT2D eigenvalue weighted by Gasteiger charge is 2.72. The highest BCUT2D eigenvalue weighted by atomic mass is 19.1. The van der Waals surface area contributed by atoms with Crippen molar-refractivity contribution in [1.82, 2.24) is 0 Å². The van der Waals surface area contributed by atoms with E-state index >= 15 is 0 Å². The van der Waals surface area contributed by atoms with Crippen LogP contribution < -0.4 is 0 Å². The minimum Gasteiger partial charge on any atom is -0.243 e. The smallest absolute Gasteiger partial charge is 0.117 e. The summed E-state index contributed by atoms with van der Waals surface area (Å²) in [5.74, 6) is 1.13. The second-order valence-electron chi connectivity index (χ2n) is 4.93. The topological polar surface area (TPSA) is 0 Å². The van der Waals surface area contributed by atoms with Crippen LogP contribution in [-0.4, -0.2) is 5.67 Å². The number of hydrogen-bond acceptors (Lipinski definition) is 0. The first-order chi connectivity index (χ1) is 4.98. The van der Waals surface area contributed by atoms with Crippen LogP contribution in [0.3, 0.4) is 0 Å². The molecule has 0 amide bonds. The first-order valence-corrected chi connectivity index (χ1v) is 4.67. The van der Waals surface area contributed by atoms with E-state index < -0.39 is 5.67 Å². The third-order valence-corrected chi connectivity index (χ3v) is 4.18. The first kappa shape index (κ1) is 7.57. The molecule has 11 heavy (non-hydrogen) atoms. The Morgan fingerprint density at radius 3 is 2.36 bits per heavy atom. The SMILES string of the molecule is CC1CCC2C(C)(F)C2(C)C1. The molecule has 2 aliphatic rings. The van der Waals surface area contributed by atoms with E-state index in [1.807, 2.05) is 0 Å². The van der Waals surface area contributed by atoms with E-state index in [4.69, 9.17) is 0 Å². The molecule has 0 nitrogen and oxygen atoms in total. The van der Waals surface area contributed by atoms with Crippen molar-refractivity contribution in [2.75, 3.05) is 0 Å². The number of alkyl halides is 1. The van der Waals surface area contributed by atoms with Gasteiger partial charge in [-0.15, -0.1) is 0 Å². The van der Waals surface area contributed by atoms with Crippen molar-refractivity contribution in [3.63, 3.8) is 0 Å². The van der Waals surface area contributed by atoms with Gasteiger partial charge in [0.1, 0.15) is 5.67 Å². The van der Waals surface area contributed by atoms with Crippen molar-refractivity contribution >= 4 is 0 Å². The van der Waals surface area contributed by atoms with Gasteiger partial charge in [-0.1, -0.05) is 20.3 Å². The summed E-state index contributed by atoms with van der Waals surface area (Å²) in [6.45, 7) is 6.15. The summed E-state index contributed by atoms with van der Waals surface area (Å²) in [7, 11) is 0. The van der Waals surface area contributed by atoms with Crippen LogP contribution in [-0.2, 0) is 0 Å². The summed E-state index contributed by atoms with van der Waals surface area (Å²) >= 11 is 0. The highest BCUT2D eigenvalue weighted by Crippen LogP contribution is 2.71. The molecule has 0 spiro atoms. The molecule has 0 radical (unpaired) electrons. The van der Waals surface area contributed by atoms with E-state index in [0.29, 0.717) is 5.92 Å². The van der Waals surface area contributed by atoms with E-state index in [1.165, 1.54) is 6.42 Å². The van der Waals surface area contributed by atoms with Crippen LogP contribution in [0.2, 0.25) is 0 Å². The molecule has 4 unspecified atom stereocenters. The second-order valence-corrected chi connectivity index (χ2v) is 4.93. The standard InChI is InChI=1S/C10H17F/c1-7-4-5-8-9(2,6-7)10(8,3)11/h7-8H,4-6H2,1-3H3. The van der Waals surface area contributed by atoms with Crippen molar-refractivity contribution in [2.24, 2.45) is 17.3 Å². The van der Waals surface area contributed by atoms with Gasteiger partial charge in [-0.3, -0.25) is 0 Å². The van der Waals surface area contributed by atoms with Crippen molar-refractivity contribution in [3.05, 3.63) is 0 Å². The lowest BCUT2D eigenvalue weighted by molar-refractivity contribution is 0.228. The van der Waals surface area contributed by atoms with Crippen LogP contribution in [0.25, 0.3) is 0 Å². The molecule has 0 aromatic heterocycles. The van der Waals surface area contributed by atoms with Gasteiger partial charge < -0.3 is 0 Å². The maximum absolute atomic E-state index is 13.7. The summed E-state index contributed by atoms with van der Waals surface area (Å²) in [6, 6.07) is 0. The monoisotopic (exact) mass is 156 g/mol. The lowest BCUT2D eigenvalue weighted by atomic mass is 9.83. The molecule has 0 heterocycles. The fraction of sp³-hybridized carbons (Fsp3) is 1.00. The molecule has 64 valence electrons. The second kappa shape index (κ2) is 1.81. The highest BCUT2D eigenvalue weighted by molar-refractivity contribution is 5.20. The summed E-state index contributed by atoms with van der Waals surface area (Å²) in [6.07, 6.45) is 3.45. The number of rotatable bonds is 0. The third kappa shape index (κ3) is 0.746. The van der Waals surface area contributed by atoms with Crippen molar-refractivity contribution in [1.29, 1.82) is 0 Å². The van der Waals surface area contributed by atoms with Gasteiger partial charge in [0.05, 0.1) is 0 Å². The molecule has 1 heteroatoms. The zero-order valence-corrected chi connectivity index (χ0v) is 7.65. The maximum atomic E-state index is 13.7. The minimum atomic E-state index is -0.836. The molecule has 2 rings (SSSR count). The average molecular weight is 156 g/mol. The van der Waals surface area contributed by atoms with Crippen LogP contribution in [0.5, 0.6) is 0 Å². The van der Waals surface area contributed by atoms with E-state index in [9.17, 15) is 4.39 Å². The molecule has 0 aromatic rings. The molecule has 0 aromatic carbocycles. The van der Waals surface area contributed by atoms with Gasteiger partial charge in [-0.25, -0.2) is 4.39 Å². The zero-order valence-electron chi connectivity index (χ0n) is 7.65. The van der Waals surface area contributed by atoms with Gasteiger partial charge in [0.2, 0.25) is 0 Å². The zero-order chi connectivity index (χ0) is 8.28. The molecule has 0 saturated heterocycles. The number of hydrogen-bond donors (Lipinski definition) is 0. The van der Waals surface area contributed by atoms with Crippen LogP contribution in [0.4, 0.5) is 4.39 Å². The Morgan fingerprint density at radius 1 is 1.27 bits per heavy atom. The van der Waals surface area contributed by atoms with E-state index in [1.54, 1.807) is 6.92 Å². The maximum Gasteiger partial charge on any atom is 0.117 e. The molecule has 0 bridgehead atoms. The summed E-state index contributed by atoms with van der Waals surface area (Å²) in [5, 5.41) is 0. The Kier molecular flexibility index (Phi) is 1.24. The molecular formula is C10H17F. The Hall–Kier alpha value is -0.0700. The van der Waals surface area contributed by atoms with Gasteiger partial charge in [0.25, 0.3) is 0 Å². The predicted molar refractivity (Wildman–Crippen MR) is 44.1 cm³/mol. The molecule has 2 aliphatic carbocycles. The first-order valence-electron chi connectivity index (χ1n) is 4.67. The molecule has 2 fully saturated rings. The Bertz CT molecular complexity index is 185. The average Bonchev–Trinajstić information content (AvgIpc) is 2.26. The largest absolute Gasteiger partial charge is 0.243 e. The molecule has 0 N–H and O–H groups in total. The quantitative estimate of drug-likeness (QED) is 0.505. The number of fused-ring (bicyclic) bond motifs is 1. The molecule has 2 saturated carbocycles. The minimum absolute atomic E-state index is 0.0463.